The molecule has 0 saturated heterocycles. The van der Waals surface area contributed by atoms with Gasteiger partial charge in [-0.15, -0.1) is 0 Å². The summed E-state index contributed by atoms with van der Waals surface area (Å²) in [5.74, 6) is 1.24. The molecule has 0 atom stereocenters. The summed E-state index contributed by atoms with van der Waals surface area (Å²) in [6, 6.07) is 1.44. The van der Waals surface area contributed by atoms with Crippen LogP contribution in [0.5, 0.6) is 0 Å². The fraction of sp³-hybridized carbons (Fsp3) is 0.615. The lowest BCUT2D eigenvalue weighted by molar-refractivity contribution is -0.116. The monoisotopic (exact) mass is 264 g/mol. The molecule has 1 aromatic rings. The summed E-state index contributed by atoms with van der Waals surface area (Å²) in [4.78, 5) is 31.8. The topological polar surface area (TPSA) is 92.1 Å². The number of aromatic amines is 1. The quantitative estimate of drug-likeness (QED) is 0.759. The molecule has 0 aromatic carbocycles. The summed E-state index contributed by atoms with van der Waals surface area (Å²) >= 11 is 0. The van der Waals surface area contributed by atoms with Crippen LogP contribution < -0.4 is 16.2 Å². The maximum Gasteiger partial charge on any atom is 0.252 e. The first kappa shape index (κ1) is 13.6. The molecular formula is C13H20N4O2. The third-order valence-corrected chi connectivity index (χ3v) is 3.16. The van der Waals surface area contributed by atoms with Crippen molar-refractivity contribution in [3.8, 4) is 0 Å². The van der Waals surface area contributed by atoms with Crippen molar-refractivity contribution in [2.75, 3.05) is 18.0 Å². The summed E-state index contributed by atoms with van der Waals surface area (Å²) in [6.07, 6.45) is 4.07. The van der Waals surface area contributed by atoms with Crippen LogP contribution >= 0.6 is 0 Å². The van der Waals surface area contributed by atoms with Crippen molar-refractivity contribution in [3.05, 3.63) is 22.2 Å². The lowest BCUT2D eigenvalue weighted by atomic mass is 10.3. The summed E-state index contributed by atoms with van der Waals surface area (Å²) in [7, 11) is 0. The van der Waals surface area contributed by atoms with Gasteiger partial charge in [-0.1, -0.05) is 13.3 Å². The molecule has 0 aliphatic heterocycles. The van der Waals surface area contributed by atoms with Gasteiger partial charge in [-0.3, -0.25) is 9.59 Å². The number of primary amides is 1. The Morgan fingerprint density at radius 2 is 2.32 bits per heavy atom. The minimum absolute atomic E-state index is 0.0978. The molecule has 1 aliphatic carbocycles. The van der Waals surface area contributed by atoms with Gasteiger partial charge < -0.3 is 15.6 Å². The van der Waals surface area contributed by atoms with E-state index in [0.717, 1.165) is 31.5 Å². The first-order valence-electron chi connectivity index (χ1n) is 6.74. The van der Waals surface area contributed by atoms with Crippen molar-refractivity contribution >= 4 is 11.7 Å². The highest BCUT2D eigenvalue weighted by Gasteiger charge is 2.27. The van der Waals surface area contributed by atoms with Crippen LogP contribution in [-0.4, -0.2) is 29.0 Å². The molecule has 1 heterocycles. The third-order valence-electron chi connectivity index (χ3n) is 3.16. The van der Waals surface area contributed by atoms with Gasteiger partial charge in [0.05, 0.1) is 6.54 Å². The molecule has 19 heavy (non-hydrogen) atoms. The van der Waals surface area contributed by atoms with Gasteiger partial charge in [0.1, 0.15) is 11.6 Å². The minimum Gasteiger partial charge on any atom is -0.368 e. The number of nitrogens with two attached hydrogens (primary N) is 1. The fourth-order valence-corrected chi connectivity index (χ4v) is 1.99. The van der Waals surface area contributed by atoms with Crippen molar-refractivity contribution in [3.63, 3.8) is 0 Å². The number of nitrogens with zero attached hydrogens (tertiary/aromatic N) is 2. The maximum absolute atomic E-state index is 11.7. The van der Waals surface area contributed by atoms with E-state index >= 15 is 0 Å². The molecule has 1 fully saturated rings. The van der Waals surface area contributed by atoms with E-state index in [2.05, 4.69) is 16.9 Å². The maximum atomic E-state index is 11.7. The largest absolute Gasteiger partial charge is 0.368 e. The normalized spacial score (nSPS) is 14.4. The number of aromatic nitrogens is 2. The predicted molar refractivity (Wildman–Crippen MR) is 73.1 cm³/mol. The molecule has 1 aliphatic rings. The highest BCUT2D eigenvalue weighted by atomic mass is 16.1. The van der Waals surface area contributed by atoms with Crippen molar-refractivity contribution < 1.29 is 4.79 Å². The molecule has 1 saturated carbocycles. The average Bonchev–Trinajstić information content (AvgIpc) is 3.17. The van der Waals surface area contributed by atoms with Crippen LogP contribution in [-0.2, 0) is 4.79 Å². The zero-order valence-electron chi connectivity index (χ0n) is 11.2. The number of unbranched alkanes of at least 4 members (excludes halogenated alkanes) is 1. The lowest BCUT2D eigenvalue weighted by Crippen LogP contribution is -2.36. The lowest BCUT2D eigenvalue weighted by Gasteiger charge is -2.22. The van der Waals surface area contributed by atoms with Crippen LogP contribution in [0.1, 0.15) is 44.3 Å². The number of rotatable bonds is 7. The molecular weight excluding hydrogens is 244 g/mol. The number of amides is 1. The van der Waals surface area contributed by atoms with Crippen LogP contribution in [0.4, 0.5) is 5.82 Å². The Hall–Kier alpha value is -1.85. The number of carbonyl (C=O) groups is 1. The molecule has 0 bridgehead atoms. The molecule has 0 radical (unpaired) electrons. The van der Waals surface area contributed by atoms with Gasteiger partial charge in [0.15, 0.2) is 0 Å². The summed E-state index contributed by atoms with van der Waals surface area (Å²) in [5.41, 5.74) is 5.09. The van der Waals surface area contributed by atoms with Crippen molar-refractivity contribution in [1.29, 1.82) is 0 Å². The number of H-pyrrole nitrogens is 1. The van der Waals surface area contributed by atoms with Gasteiger partial charge >= 0.3 is 0 Å². The third kappa shape index (κ3) is 3.81. The van der Waals surface area contributed by atoms with Crippen LogP contribution in [0.25, 0.3) is 0 Å². The number of anilines is 1. The summed E-state index contributed by atoms with van der Waals surface area (Å²) in [5, 5.41) is 0. The zero-order chi connectivity index (χ0) is 13.8. The molecule has 104 valence electrons. The molecule has 0 unspecified atom stereocenters. The van der Waals surface area contributed by atoms with Gasteiger partial charge in [0.2, 0.25) is 5.91 Å². The van der Waals surface area contributed by atoms with Crippen LogP contribution in [0, 0.1) is 0 Å². The molecule has 6 heteroatoms. The first-order valence-corrected chi connectivity index (χ1v) is 6.74. The van der Waals surface area contributed by atoms with Crippen molar-refractivity contribution in [1.82, 2.24) is 9.97 Å². The van der Waals surface area contributed by atoms with E-state index in [4.69, 9.17) is 5.73 Å². The Bertz CT molecular complexity index is 508. The van der Waals surface area contributed by atoms with Crippen LogP contribution in [0.2, 0.25) is 0 Å². The van der Waals surface area contributed by atoms with Gasteiger partial charge in [-0.25, -0.2) is 4.98 Å². The van der Waals surface area contributed by atoms with E-state index in [-0.39, 0.29) is 12.1 Å². The second-order valence-electron chi connectivity index (χ2n) is 5.00. The van der Waals surface area contributed by atoms with E-state index in [0.29, 0.717) is 18.3 Å². The van der Waals surface area contributed by atoms with E-state index in [1.165, 1.54) is 6.07 Å². The Kier molecular flexibility index (Phi) is 4.19. The Morgan fingerprint density at radius 1 is 1.58 bits per heavy atom. The molecule has 0 spiro atoms. The number of hydrogen-bond acceptors (Lipinski definition) is 4. The van der Waals surface area contributed by atoms with Gasteiger partial charge in [-0.2, -0.15) is 0 Å². The van der Waals surface area contributed by atoms with Crippen molar-refractivity contribution in [2.24, 2.45) is 5.73 Å². The van der Waals surface area contributed by atoms with Gasteiger partial charge in [0, 0.05) is 18.5 Å². The average molecular weight is 264 g/mol. The molecule has 2 rings (SSSR count). The smallest absolute Gasteiger partial charge is 0.252 e. The number of hydrogen-bond donors (Lipinski definition) is 2. The van der Waals surface area contributed by atoms with Gasteiger partial charge in [-0.05, 0) is 19.3 Å². The van der Waals surface area contributed by atoms with Crippen molar-refractivity contribution in [2.45, 2.75) is 38.5 Å². The zero-order valence-corrected chi connectivity index (χ0v) is 11.2. The number of carbonyl (C=O) groups excluding carboxylic acids is 1. The second-order valence-corrected chi connectivity index (χ2v) is 5.00. The second kappa shape index (κ2) is 5.86. The van der Waals surface area contributed by atoms with E-state index in [1.807, 2.05) is 0 Å². The first-order chi connectivity index (χ1) is 9.10. The van der Waals surface area contributed by atoms with E-state index in [1.54, 1.807) is 4.90 Å². The minimum atomic E-state index is -0.411. The summed E-state index contributed by atoms with van der Waals surface area (Å²) < 4.78 is 0. The highest BCUT2D eigenvalue weighted by Crippen LogP contribution is 2.37. The number of nitrogens with one attached hydrogen (secondary N) is 1. The highest BCUT2D eigenvalue weighted by molar-refractivity contribution is 5.79. The van der Waals surface area contributed by atoms with E-state index in [9.17, 15) is 9.59 Å². The Morgan fingerprint density at radius 3 is 2.89 bits per heavy atom. The predicted octanol–water partition coefficient (Wildman–Crippen LogP) is 0.739. The van der Waals surface area contributed by atoms with Crippen LogP contribution in [0.3, 0.4) is 0 Å². The summed E-state index contributed by atoms with van der Waals surface area (Å²) in [6.45, 7) is 2.85. The van der Waals surface area contributed by atoms with Gasteiger partial charge in [0.25, 0.3) is 5.56 Å². The molecule has 6 nitrogen and oxygen atoms in total. The Labute approximate surface area is 112 Å². The fourth-order valence-electron chi connectivity index (χ4n) is 1.99. The van der Waals surface area contributed by atoms with Crippen LogP contribution in [0.15, 0.2) is 10.9 Å². The molecule has 1 amide bonds. The van der Waals surface area contributed by atoms with E-state index < -0.39 is 5.91 Å². The molecule has 1 aromatic heterocycles. The Balaban J connectivity index is 2.23. The standard InChI is InChI=1S/C13H20N4O2/c1-2-3-6-17(8-10(14)18)11-7-12(19)16-13(15-11)9-4-5-9/h7,9H,2-6,8H2,1H3,(H2,14,18)(H,15,16,19). The SMILES string of the molecule is CCCCN(CC(N)=O)c1cc(=O)[nH]c(C2CC2)n1. The molecule has 3 N–H and O–H groups in total.